The van der Waals surface area contributed by atoms with Gasteiger partial charge < -0.3 is 0 Å². The van der Waals surface area contributed by atoms with Gasteiger partial charge in [0.2, 0.25) is 0 Å². The van der Waals surface area contributed by atoms with Gasteiger partial charge in [-0.15, -0.1) is 0 Å². The van der Waals surface area contributed by atoms with E-state index in [1.807, 2.05) is 0 Å². The Balaban J connectivity index is 1.80. The molecule has 0 radical (unpaired) electrons. The highest BCUT2D eigenvalue weighted by molar-refractivity contribution is 5.52. The summed E-state index contributed by atoms with van der Waals surface area (Å²) in [7, 11) is 0. The van der Waals surface area contributed by atoms with Gasteiger partial charge in [0.1, 0.15) is 19.3 Å². The van der Waals surface area contributed by atoms with Crippen molar-refractivity contribution in [1.29, 1.82) is 0 Å². The molecule has 0 atom stereocenters. The lowest BCUT2D eigenvalue weighted by Crippen LogP contribution is -2.09. The summed E-state index contributed by atoms with van der Waals surface area (Å²) in [5.74, 6) is 0. The molecule has 1 heteroatoms. The van der Waals surface area contributed by atoms with Crippen LogP contribution in [-0.4, -0.2) is 23.9 Å². The minimum Gasteiger partial charge on any atom is -0.240 e. The van der Waals surface area contributed by atoms with Crippen molar-refractivity contribution in [3.8, 4) is 0 Å². The van der Waals surface area contributed by atoms with E-state index in [9.17, 15) is 0 Å². The van der Waals surface area contributed by atoms with E-state index in [2.05, 4.69) is 17.7 Å². The van der Waals surface area contributed by atoms with Gasteiger partial charge in [-0.1, -0.05) is 39.0 Å². The first-order valence-corrected chi connectivity index (χ1v) is 6.51. The number of unbranched alkanes of at least 4 members (excludes halogenated alkanes) is 6. The average molecular weight is 196 g/mol. The zero-order chi connectivity index (χ0) is 10.1. The van der Waals surface area contributed by atoms with Crippen LogP contribution in [-0.2, 0) is 0 Å². The first-order chi connectivity index (χ1) is 6.93. The molecular formula is C13H26N+. The van der Waals surface area contributed by atoms with E-state index in [0.29, 0.717) is 0 Å². The fraction of sp³-hybridized carbons (Fsp3) is 0.923. The molecule has 0 bridgehead atoms. The third-order valence-electron chi connectivity index (χ3n) is 3.09. The Kier molecular flexibility index (Phi) is 6.73. The van der Waals surface area contributed by atoms with Gasteiger partial charge in [-0.2, -0.15) is 0 Å². The Morgan fingerprint density at radius 1 is 1.00 bits per heavy atom. The lowest BCUT2D eigenvalue weighted by molar-refractivity contribution is -0.516. The van der Waals surface area contributed by atoms with Crippen molar-refractivity contribution < 1.29 is 4.58 Å². The minimum atomic E-state index is 1.31. The molecule has 14 heavy (non-hydrogen) atoms. The second-order valence-corrected chi connectivity index (χ2v) is 4.48. The van der Waals surface area contributed by atoms with Crippen molar-refractivity contribution in [2.75, 3.05) is 13.1 Å². The first kappa shape index (κ1) is 11.7. The number of rotatable bonds is 8. The molecule has 0 fully saturated rings. The summed E-state index contributed by atoms with van der Waals surface area (Å²) < 4.78 is 2.51. The van der Waals surface area contributed by atoms with Crippen LogP contribution in [0.2, 0.25) is 0 Å². The fourth-order valence-corrected chi connectivity index (χ4v) is 2.13. The molecule has 1 aliphatic rings. The van der Waals surface area contributed by atoms with E-state index in [1.54, 1.807) is 0 Å². The summed E-state index contributed by atoms with van der Waals surface area (Å²) in [4.78, 5) is 0. The van der Waals surface area contributed by atoms with Crippen molar-refractivity contribution in [2.45, 2.75) is 64.7 Å². The molecule has 0 unspecified atom stereocenters. The topological polar surface area (TPSA) is 3.01 Å². The maximum Gasteiger partial charge on any atom is 0.143 e. The number of nitrogens with zero attached hydrogens (tertiary/aromatic N) is 1. The fourth-order valence-electron chi connectivity index (χ4n) is 2.13. The summed E-state index contributed by atoms with van der Waals surface area (Å²) in [5, 5.41) is 0. The van der Waals surface area contributed by atoms with Crippen molar-refractivity contribution in [3.05, 3.63) is 0 Å². The average Bonchev–Trinajstić information content (AvgIpc) is 2.69. The van der Waals surface area contributed by atoms with E-state index in [4.69, 9.17) is 0 Å². The third kappa shape index (κ3) is 5.41. The molecule has 82 valence electrons. The van der Waals surface area contributed by atoms with E-state index in [-0.39, 0.29) is 0 Å². The molecule has 1 heterocycles. The van der Waals surface area contributed by atoms with E-state index in [1.165, 1.54) is 70.9 Å². The first-order valence-electron chi connectivity index (χ1n) is 6.51. The summed E-state index contributed by atoms with van der Waals surface area (Å²) in [6, 6.07) is 0. The van der Waals surface area contributed by atoms with Crippen LogP contribution < -0.4 is 0 Å². The molecule has 1 rings (SSSR count). The van der Waals surface area contributed by atoms with Crippen LogP contribution in [0, 0.1) is 0 Å². The van der Waals surface area contributed by atoms with E-state index in [0.717, 1.165) is 0 Å². The quantitative estimate of drug-likeness (QED) is 0.412. The van der Waals surface area contributed by atoms with Crippen LogP contribution >= 0.6 is 0 Å². The van der Waals surface area contributed by atoms with Gasteiger partial charge in [-0.25, -0.2) is 4.58 Å². The molecule has 0 spiro atoms. The summed E-state index contributed by atoms with van der Waals surface area (Å²) in [6.07, 6.45) is 15.1. The predicted molar refractivity (Wildman–Crippen MR) is 63.3 cm³/mol. The lowest BCUT2D eigenvalue weighted by Gasteiger charge is -2.00. The monoisotopic (exact) mass is 196 g/mol. The molecule has 1 aliphatic heterocycles. The molecule has 1 nitrogen and oxygen atoms in total. The van der Waals surface area contributed by atoms with Crippen molar-refractivity contribution in [2.24, 2.45) is 0 Å². The Labute approximate surface area is 89.2 Å². The van der Waals surface area contributed by atoms with Crippen LogP contribution in [0.3, 0.4) is 0 Å². The van der Waals surface area contributed by atoms with E-state index >= 15 is 0 Å². The van der Waals surface area contributed by atoms with Gasteiger partial charge >= 0.3 is 0 Å². The Morgan fingerprint density at radius 3 is 2.36 bits per heavy atom. The zero-order valence-electron chi connectivity index (χ0n) is 9.80. The van der Waals surface area contributed by atoms with Crippen LogP contribution in [0.25, 0.3) is 0 Å². The number of hydrogen-bond acceptors (Lipinski definition) is 0. The standard InChI is InChI=1S/C13H26N/c1-2-3-4-5-6-7-8-11-14-12-9-10-13-14/h12H,2-11,13H2,1H3/q+1. The normalized spacial score (nSPS) is 15.9. The Bertz CT molecular complexity index is 161. The van der Waals surface area contributed by atoms with Gasteiger partial charge in [0.15, 0.2) is 0 Å². The van der Waals surface area contributed by atoms with Gasteiger partial charge in [0.25, 0.3) is 0 Å². The third-order valence-corrected chi connectivity index (χ3v) is 3.09. The highest BCUT2D eigenvalue weighted by Crippen LogP contribution is 2.07. The molecule has 0 aliphatic carbocycles. The van der Waals surface area contributed by atoms with Crippen molar-refractivity contribution in [3.63, 3.8) is 0 Å². The van der Waals surface area contributed by atoms with Gasteiger partial charge in [0, 0.05) is 19.3 Å². The van der Waals surface area contributed by atoms with Crippen molar-refractivity contribution in [1.82, 2.24) is 0 Å². The predicted octanol–water partition coefficient (Wildman–Crippen LogP) is 3.61. The van der Waals surface area contributed by atoms with Crippen LogP contribution in [0.4, 0.5) is 0 Å². The second kappa shape index (κ2) is 8.02. The maximum atomic E-state index is 2.51. The highest BCUT2D eigenvalue weighted by Gasteiger charge is 2.09. The molecule has 0 aromatic rings. The van der Waals surface area contributed by atoms with Crippen LogP contribution in [0.5, 0.6) is 0 Å². The van der Waals surface area contributed by atoms with Gasteiger partial charge in [-0.05, 0) is 6.42 Å². The maximum absolute atomic E-state index is 2.51. The Morgan fingerprint density at radius 2 is 1.71 bits per heavy atom. The minimum absolute atomic E-state index is 1.31. The largest absolute Gasteiger partial charge is 0.240 e. The van der Waals surface area contributed by atoms with Crippen LogP contribution in [0.15, 0.2) is 0 Å². The Hall–Kier alpha value is -0.330. The summed E-state index contributed by atoms with van der Waals surface area (Å²) >= 11 is 0. The smallest absolute Gasteiger partial charge is 0.143 e. The van der Waals surface area contributed by atoms with E-state index < -0.39 is 0 Å². The molecule has 0 saturated carbocycles. The van der Waals surface area contributed by atoms with Gasteiger partial charge in [0.05, 0.1) is 0 Å². The molecule has 0 aromatic heterocycles. The molecule has 0 N–H and O–H groups in total. The van der Waals surface area contributed by atoms with Gasteiger partial charge in [-0.3, -0.25) is 0 Å². The molecular weight excluding hydrogens is 170 g/mol. The summed E-state index contributed by atoms with van der Waals surface area (Å²) in [5.41, 5.74) is 0. The molecule has 0 amide bonds. The van der Waals surface area contributed by atoms with Crippen molar-refractivity contribution >= 4 is 6.21 Å². The van der Waals surface area contributed by atoms with Crippen LogP contribution in [0.1, 0.15) is 64.7 Å². The molecule has 0 aromatic carbocycles. The zero-order valence-corrected chi connectivity index (χ0v) is 9.80. The summed E-state index contributed by atoms with van der Waals surface area (Å²) in [6.45, 7) is 4.91. The second-order valence-electron chi connectivity index (χ2n) is 4.48. The SMILES string of the molecule is CCCCCCCCC[N+]1=CCCC1. The molecule has 0 saturated heterocycles. The lowest BCUT2D eigenvalue weighted by atomic mass is 10.1. The highest BCUT2D eigenvalue weighted by atomic mass is 15.0. The number of hydrogen-bond donors (Lipinski definition) is 0.